The number of rotatable bonds is 5. The van der Waals surface area contributed by atoms with E-state index in [-0.39, 0.29) is 6.03 Å². The number of unbranched alkanes of at least 4 members (excludes halogenated alkanes) is 2. The highest BCUT2D eigenvalue weighted by atomic mass is 16.2. The van der Waals surface area contributed by atoms with Crippen LogP contribution in [-0.2, 0) is 0 Å². The summed E-state index contributed by atoms with van der Waals surface area (Å²) in [6.45, 7) is 10.7. The van der Waals surface area contributed by atoms with Gasteiger partial charge >= 0.3 is 6.03 Å². The van der Waals surface area contributed by atoms with E-state index < -0.39 is 0 Å². The number of carbonyl (C=O) groups is 1. The summed E-state index contributed by atoms with van der Waals surface area (Å²) in [7, 11) is 0. The molecule has 0 unspecified atom stereocenters. The Kier molecular flexibility index (Phi) is 6.10. The van der Waals surface area contributed by atoms with E-state index in [1.165, 1.54) is 29.7 Å². The summed E-state index contributed by atoms with van der Waals surface area (Å²) in [6, 6.07) is 6.68. The highest BCUT2D eigenvalue weighted by Crippen LogP contribution is 2.22. The number of urea groups is 1. The molecule has 1 aromatic carbocycles. The summed E-state index contributed by atoms with van der Waals surface area (Å²) in [6.07, 6.45) is 3.44. The van der Waals surface area contributed by atoms with Crippen molar-refractivity contribution in [3.8, 4) is 0 Å². The van der Waals surface area contributed by atoms with Crippen LogP contribution < -0.4 is 10.2 Å². The third kappa shape index (κ3) is 4.39. The van der Waals surface area contributed by atoms with E-state index in [0.717, 1.165) is 39.1 Å². The predicted octanol–water partition coefficient (Wildman–Crippen LogP) is 3.33. The number of hydrogen-bond acceptors (Lipinski definition) is 2. The van der Waals surface area contributed by atoms with Crippen LogP contribution in [0.4, 0.5) is 10.5 Å². The second-order valence-electron chi connectivity index (χ2n) is 6.20. The molecule has 122 valence electrons. The van der Waals surface area contributed by atoms with Crippen molar-refractivity contribution >= 4 is 11.7 Å². The molecule has 1 heterocycles. The van der Waals surface area contributed by atoms with Crippen LogP contribution in [0.3, 0.4) is 0 Å². The number of nitrogens with zero attached hydrogens (tertiary/aromatic N) is 2. The Hall–Kier alpha value is -1.71. The first-order valence-electron chi connectivity index (χ1n) is 8.46. The molecule has 0 bridgehead atoms. The van der Waals surface area contributed by atoms with Gasteiger partial charge < -0.3 is 15.1 Å². The van der Waals surface area contributed by atoms with Crippen LogP contribution in [0.15, 0.2) is 18.2 Å². The van der Waals surface area contributed by atoms with Gasteiger partial charge in [-0.1, -0.05) is 37.5 Å². The number of aryl methyl sites for hydroxylation is 2. The van der Waals surface area contributed by atoms with Crippen LogP contribution in [0.25, 0.3) is 0 Å². The van der Waals surface area contributed by atoms with Crippen LogP contribution in [-0.4, -0.2) is 43.7 Å². The number of carbonyl (C=O) groups excluding carboxylic acids is 1. The van der Waals surface area contributed by atoms with Gasteiger partial charge in [0, 0.05) is 38.4 Å². The van der Waals surface area contributed by atoms with E-state index in [2.05, 4.69) is 49.2 Å². The molecule has 4 nitrogen and oxygen atoms in total. The van der Waals surface area contributed by atoms with Gasteiger partial charge in [-0.3, -0.25) is 0 Å². The number of benzene rings is 1. The maximum absolute atomic E-state index is 12.1. The van der Waals surface area contributed by atoms with Gasteiger partial charge in [0.25, 0.3) is 0 Å². The Morgan fingerprint density at radius 1 is 1.14 bits per heavy atom. The molecule has 1 fully saturated rings. The zero-order valence-electron chi connectivity index (χ0n) is 14.2. The van der Waals surface area contributed by atoms with Crippen LogP contribution in [0.5, 0.6) is 0 Å². The Labute approximate surface area is 134 Å². The molecule has 1 aromatic rings. The van der Waals surface area contributed by atoms with Crippen molar-refractivity contribution in [2.45, 2.75) is 40.0 Å². The van der Waals surface area contributed by atoms with Gasteiger partial charge in [0.2, 0.25) is 0 Å². The Morgan fingerprint density at radius 2 is 1.86 bits per heavy atom. The molecule has 0 aromatic heterocycles. The van der Waals surface area contributed by atoms with E-state index in [0.29, 0.717) is 0 Å². The topological polar surface area (TPSA) is 35.6 Å². The van der Waals surface area contributed by atoms with E-state index in [1.54, 1.807) is 0 Å². The van der Waals surface area contributed by atoms with E-state index in [4.69, 9.17) is 0 Å². The van der Waals surface area contributed by atoms with Crippen LogP contribution in [0, 0.1) is 13.8 Å². The Morgan fingerprint density at radius 3 is 2.50 bits per heavy atom. The largest absolute Gasteiger partial charge is 0.368 e. The number of nitrogens with one attached hydrogen (secondary N) is 1. The summed E-state index contributed by atoms with van der Waals surface area (Å²) >= 11 is 0. The van der Waals surface area contributed by atoms with Gasteiger partial charge in [0.15, 0.2) is 0 Å². The fraction of sp³-hybridized carbons (Fsp3) is 0.611. The zero-order chi connectivity index (χ0) is 15.9. The molecule has 1 N–H and O–H groups in total. The molecule has 2 rings (SSSR count). The molecule has 1 aliphatic heterocycles. The SMILES string of the molecule is CCCCCNC(=O)N1CCN(c2ccc(C)cc2C)CC1. The first-order valence-corrected chi connectivity index (χ1v) is 8.46. The average molecular weight is 303 g/mol. The number of piperazine rings is 1. The fourth-order valence-corrected chi connectivity index (χ4v) is 2.99. The maximum atomic E-state index is 12.1. The molecular weight excluding hydrogens is 274 g/mol. The standard InChI is InChI=1S/C18H29N3O/c1-4-5-6-9-19-18(22)21-12-10-20(11-13-21)17-8-7-15(2)14-16(17)3/h7-8,14H,4-6,9-13H2,1-3H3,(H,19,22). The molecule has 1 aliphatic rings. The van der Waals surface area contributed by atoms with E-state index in [1.807, 2.05) is 4.90 Å². The van der Waals surface area contributed by atoms with Crippen molar-refractivity contribution in [2.24, 2.45) is 0 Å². The Bertz CT molecular complexity index is 493. The van der Waals surface area contributed by atoms with Gasteiger partial charge in [-0.2, -0.15) is 0 Å². The Balaban J connectivity index is 1.81. The van der Waals surface area contributed by atoms with Gasteiger partial charge in [0.1, 0.15) is 0 Å². The quantitative estimate of drug-likeness (QED) is 0.847. The third-order valence-corrected chi connectivity index (χ3v) is 4.32. The number of anilines is 1. The van der Waals surface area contributed by atoms with Gasteiger partial charge in [0.05, 0.1) is 0 Å². The molecule has 0 radical (unpaired) electrons. The van der Waals surface area contributed by atoms with Crippen LogP contribution >= 0.6 is 0 Å². The molecule has 0 aliphatic carbocycles. The normalized spacial score (nSPS) is 15.0. The molecular formula is C18H29N3O. The van der Waals surface area contributed by atoms with Crippen molar-refractivity contribution in [1.29, 1.82) is 0 Å². The number of amides is 2. The lowest BCUT2D eigenvalue weighted by molar-refractivity contribution is 0.194. The molecule has 0 saturated carbocycles. The summed E-state index contributed by atoms with van der Waals surface area (Å²) in [5.74, 6) is 0. The summed E-state index contributed by atoms with van der Waals surface area (Å²) < 4.78 is 0. The highest BCUT2D eigenvalue weighted by molar-refractivity contribution is 5.74. The van der Waals surface area contributed by atoms with Crippen LogP contribution in [0.2, 0.25) is 0 Å². The van der Waals surface area contributed by atoms with Gasteiger partial charge in [-0.25, -0.2) is 4.79 Å². The third-order valence-electron chi connectivity index (χ3n) is 4.32. The number of hydrogen-bond donors (Lipinski definition) is 1. The molecule has 0 spiro atoms. The average Bonchev–Trinajstić information content (AvgIpc) is 2.52. The second kappa shape index (κ2) is 8.06. The molecule has 1 saturated heterocycles. The predicted molar refractivity (Wildman–Crippen MR) is 92.6 cm³/mol. The fourth-order valence-electron chi connectivity index (χ4n) is 2.99. The van der Waals surface area contributed by atoms with Crippen molar-refractivity contribution in [2.75, 3.05) is 37.6 Å². The lowest BCUT2D eigenvalue weighted by Crippen LogP contribution is -2.52. The van der Waals surface area contributed by atoms with Crippen LogP contribution in [0.1, 0.15) is 37.3 Å². The monoisotopic (exact) mass is 303 g/mol. The molecule has 0 atom stereocenters. The lowest BCUT2D eigenvalue weighted by atomic mass is 10.1. The van der Waals surface area contributed by atoms with Crippen molar-refractivity contribution < 1.29 is 4.79 Å². The van der Waals surface area contributed by atoms with Crippen molar-refractivity contribution in [1.82, 2.24) is 10.2 Å². The van der Waals surface area contributed by atoms with Crippen molar-refractivity contribution in [3.63, 3.8) is 0 Å². The zero-order valence-corrected chi connectivity index (χ0v) is 14.2. The van der Waals surface area contributed by atoms with E-state index in [9.17, 15) is 4.79 Å². The smallest absolute Gasteiger partial charge is 0.317 e. The summed E-state index contributed by atoms with van der Waals surface area (Å²) in [4.78, 5) is 16.4. The molecule has 4 heteroatoms. The minimum absolute atomic E-state index is 0.0939. The highest BCUT2D eigenvalue weighted by Gasteiger charge is 2.21. The first-order chi connectivity index (χ1) is 10.6. The second-order valence-corrected chi connectivity index (χ2v) is 6.20. The van der Waals surface area contributed by atoms with E-state index >= 15 is 0 Å². The van der Waals surface area contributed by atoms with Gasteiger partial charge in [-0.05, 0) is 31.9 Å². The molecule has 22 heavy (non-hydrogen) atoms. The maximum Gasteiger partial charge on any atom is 0.317 e. The van der Waals surface area contributed by atoms with Crippen molar-refractivity contribution in [3.05, 3.63) is 29.3 Å². The molecule has 2 amide bonds. The lowest BCUT2D eigenvalue weighted by Gasteiger charge is -2.36. The van der Waals surface area contributed by atoms with Gasteiger partial charge in [-0.15, -0.1) is 0 Å². The minimum atomic E-state index is 0.0939. The minimum Gasteiger partial charge on any atom is -0.368 e. The summed E-state index contributed by atoms with van der Waals surface area (Å²) in [5.41, 5.74) is 3.91. The first kappa shape index (κ1) is 16.7. The summed E-state index contributed by atoms with van der Waals surface area (Å²) in [5, 5.41) is 3.03.